The molecule has 0 aliphatic carbocycles. The molecule has 0 bridgehead atoms. The molecule has 0 unspecified atom stereocenters. The number of hydroxylamine groups is 1. The number of ether oxygens (including phenoxy) is 1. The number of esters is 1. The van der Waals surface area contributed by atoms with Gasteiger partial charge in [0.15, 0.2) is 11.6 Å². The van der Waals surface area contributed by atoms with Gasteiger partial charge in [-0.1, -0.05) is 0 Å². The van der Waals surface area contributed by atoms with Crippen molar-refractivity contribution in [2.24, 2.45) is 0 Å². The van der Waals surface area contributed by atoms with Gasteiger partial charge in [0.2, 0.25) is 0 Å². The highest BCUT2D eigenvalue weighted by atomic mass is 19.2. The van der Waals surface area contributed by atoms with Crippen molar-refractivity contribution < 1.29 is 27.5 Å². The molecule has 4 nitrogen and oxygen atoms in total. The fourth-order valence-electron chi connectivity index (χ4n) is 1.59. The van der Waals surface area contributed by atoms with Crippen molar-refractivity contribution >= 4 is 5.97 Å². The highest BCUT2D eigenvalue weighted by Crippen LogP contribution is 2.16. The minimum absolute atomic E-state index is 0.0496. The maximum absolute atomic E-state index is 13.5. The van der Waals surface area contributed by atoms with Gasteiger partial charge in [-0.25, -0.2) is 13.2 Å². The molecule has 0 saturated heterocycles. The second kappa shape index (κ2) is 7.10. The van der Waals surface area contributed by atoms with Crippen molar-refractivity contribution in [1.29, 1.82) is 0 Å². The van der Waals surface area contributed by atoms with Crippen molar-refractivity contribution in [2.75, 3.05) is 14.2 Å². The van der Waals surface area contributed by atoms with Crippen LogP contribution in [0.25, 0.3) is 0 Å². The molecule has 0 aliphatic heterocycles. The van der Waals surface area contributed by atoms with Crippen LogP contribution in [0.2, 0.25) is 0 Å². The van der Waals surface area contributed by atoms with Crippen LogP contribution >= 0.6 is 0 Å². The molecule has 1 aromatic carbocycles. The van der Waals surface area contributed by atoms with E-state index < -0.39 is 29.5 Å². The normalized spacial score (nSPS) is 12.3. The first-order chi connectivity index (χ1) is 8.97. The van der Waals surface area contributed by atoms with Crippen molar-refractivity contribution in [1.82, 2.24) is 5.48 Å². The van der Waals surface area contributed by atoms with Gasteiger partial charge in [0, 0.05) is 12.1 Å². The number of hydrogen-bond donors (Lipinski definition) is 1. The highest BCUT2D eigenvalue weighted by molar-refractivity contribution is 5.69. The van der Waals surface area contributed by atoms with E-state index in [9.17, 15) is 18.0 Å². The zero-order valence-corrected chi connectivity index (χ0v) is 10.5. The van der Waals surface area contributed by atoms with Gasteiger partial charge in [-0.15, -0.1) is 0 Å². The second-order valence-corrected chi connectivity index (χ2v) is 3.86. The molecule has 0 radical (unpaired) electrons. The molecule has 1 N–H and O–H groups in total. The summed E-state index contributed by atoms with van der Waals surface area (Å²) in [5, 5.41) is 0. The Morgan fingerprint density at radius 2 is 1.84 bits per heavy atom. The zero-order chi connectivity index (χ0) is 14.4. The highest BCUT2D eigenvalue weighted by Gasteiger charge is 2.18. The van der Waals surface area contributed by atoms with E-state index in [2.05, 4.69) is 15.1 Å². The fraction of sp³-hybridized carbons (Fsp3) is 0.417. The minimum Gasteiger partial charge on any atom is -0.469 e. The summed E-state index contributed by atoms with van der Waals surface area (Å²) in [5.41, 5.74) is 2.42. The van der Waals surface area contributed by atoms with E-state index in [1.165, 1.54) is 14.2 Å². The van der Waals surface area contributed by atoms with Crippen molar-refractivity contribution in [3.05, 3.63) is 35.1 Å². The lowest BCUT2D eigenvalue weighted by Crippen LogP contribution is -2.33. The molecule has 0 heterocycles. The molecule has 0 fully saturated rings. The Hall–Kier alpha value is -1.60. The smallest absolute Gasteiger partial charge is 0.307 e. The summed E-state index contributed by atoms with van der Waals surface area (Å²) in [4.78, 5) is 15.8. The van der Waals surface area contributed by atoms with Gasteiger partial charge in [0.1, 0.15) is 5.82 Å². The third kappa shape index (κ3) is 4.53. The number of methoxy groups -OCH3 is 1. The predicted octanol–water partition coefficient (Wildman–Crippen LogP) is 1.73. The van der Waals surface area contributed by atoms with Gasteiger partial charge in [0.25, 0.3) is 0 Å². The summed E-state index contributed by atoms with van der Waals surface area (Å²) in [6.07, 6.45) is -0.144. The van der Waals surface area contributed by atoms with Crippen LogP contribution in [-0.4, -0.2) is 26.2 Å². The Bertz CT molecular complexity index is 454. The van der Waals surface area contributed by atoms with Crippen LogP contribution < -0.4 is 5.48 Å². The molecule has 0 aromatic heterocycles. The van der Waals surface area contributed by atoms with Crippen molar-refractivity contribution in [2.45, 2.75) is 18.9 Å². The summed E-state index contributed by atoms with van der Waals surface area (Å²) in [7, 11) is 2.54. The standard InChI is InChI=1S/C12H14F3NO3/c1-18-12(17)5-8(16-19-2)3-7-4-10(14)11(15)6-9(7)13/h4,6,8,16H,3,5H2,1-2H3/t8-/m0/s1. The monoisotopic (exact) mass is 277 g/mol. The molecule has 1 atom stereocenters. The number of nitrogens with one attached hydrogen (secondary N) is 1. The minimum atomic E-state index is -1.26. The van der Waals surface area contributed by atoms with Crippen LogP contribution in [0.5, 0.6) is 0 Å². The van der Waals surface area contributed by atoms with E-state index in [0.29, 0.717) is 6.07 Å². The molecular weight excluding hydrogens is 263 g/mol. The number of carbonyl (C=O) groups excluding carboxylic acids is 1. The Morgan fingerprint density at radius 3 is 2.42 bits per heavy atom. The topological polar surface area (TPSA) is 47.6 Å². The summed E-state index contributed by atoms with van der Waals surface area (Å²) in [6, 6.07) is 0.607. The summed E-state index contributed by atoms with van der Waals surface area (Å²) < 4.78 is 43.8. The number of benzene rings is 1. The lowest BCUT2D eigenvalue weighted by Gasteiger charge is -2.16. The van der Waals surface area contributed by atoms with Crippen LogP contribution in [0, 0.1) is 17.5 Å². The van der Waals surface area contributed by atoms with Gasteiger partial charge >= 0.3 is 5.97 Å². The van der Waals surface area contributed by atoms with E-state index in [4.69, 9.17) is 0 Å². The Kier molecular flexibility index (Phi) is 5.78. The Balaban J connectivity index is 2.84. The molecule has 0 aliphatic rings. The van der Waals surface area contributed by atoms with Crippen LogP contribution in [0.3, 0.4) is 0 Å². The maximum Gasteiger partial charge on any atom is 0.307 e. The first kappa shape index (κ1) is 15.5. The van der Waals surface area contributed by atoms with Crippen LogP contribution in [-0.2, 0) is 20.8 Å². The quantitative estimate of drug-likeness (QED) is 0.489. The molecular formula is C12H14F3NO3. The summed E-state index contributed by atoms with van der Waals surface area (Å²) >= 11 is 0. The molecule has 1 rings (SSSR count). The number of carbonyl (C=O) groups is 1. The van der Waals surface area contributed by atoms with Gasteiger partial charge in [-0.05, 0) is 18.1 Å². The van der Waals surface area contributed by atoms with Gasteiger partial charge < -0.3 is 9.57 Å². The third-order valence-electron chi connectivity index (χ3n) is 2.48. The average molecular weight is 277 g/mol. The van der Waals surface area contributed by atoms with Crippen LogP contribution in [0.1, 0.15) is 12.0 Å². The van der Waals surface area contributed by atoms with Gasteiger partial charge in [-0.3, -0.25) is 4.79 Å². The average Bonchev–Trinajstić information content (AvgIpc) is 2.36. The Morgan fingerprint density at radius 1 is 1.21 bits per heavy atom. The van der Waals surface area contributed by atoms with E-state index in [1.54, 1.807) is 0 Å². The first-order valence-electron chi connectivity index (χ1n) is 5.46. The lowest BCUT2D eigenvalue weighted by atomic mass is 10.0. The first-order valence-corrected chi connectivity index (χ1v) is 5.46. The number of halogens is 3. The van der Waals surface area contributed by atoms with Gasteiger partial charge in [-0.2, -0.15) is 5.48 Å². The predicted molar refractivity (Wildman–Crippen MR) is 60.6 cm³/mol. The van der Waals surface area contributed by atoms with E-state index >= 15 is 0 Å². The lowest BCUT2D eigenvalue weighted by molar-refractivity contribution is -0.142. The van der Waals surface area contributed by atoms with Crippen LogP contribution in [0.15, 0.2) is 12.1 Å². The fourth-order valence-corrected chi connectivity index (χ4v) is 1.59. The SMILES string of the molecule is CON[C@H](CC(=O)OC)Cc1cc(F)c(F)cc1F. The van der Waals surface area contributed by atoms with Crippen molar-refractivity contribution in [3.8, 4) is 0 Å². The summed E-state index contributed by atoms with van der Waals surface area (Å²) in [6.45, 7) is 0. The number of hydrogen-bond acceptors (Lipinski definition) is 4. The van der Waals surface area contributed by atoms with Crippen molar-refractivity contribution in [3.63, 3.8) is 0 Å². The molecule has 0 saturated carbocycles. The number of rotatable bonds is 6. The van der Waals surface area contributed by atoms with Crippen LogP contribution in [0.4, 0.5) is 13.2 Å². The third-order valence-corrected chi connectivity index (χ3v) is 2.48. The molecule has 0 amide bonds. The van der Waals surface area contributed by atoms with Gasteiger partial charge in [0.05, 0.1) is 20.6 Å². The zero-order valence-electron chi connectivity index (χ0n) is 10.5. The van der Waals surface area contributed by atoms with E-state index in [0.717, 1.165) is 6.07 Å². The Labute approximate surface area is 108 Å². The van der Waals surface area contributed by atoms with E-state index in [-0.39, 0.29) is 18.4 Å². The molecule has 0 spiro atoms. The van der Waals surface area contributed by atoms with E-state index in [1.807, 2.05) is 0 Å². The molecule has 7 heteroatoms. The molecule has 106 valence electrons. The maximum atomic E-state index is 13.5. The molecule has 1 aromatic rings. The largest absolute Gasteiger partial charge is 0.469 e. The summed E-state index contributed by atoms with van der Waals surface area (Å²) in [5.74, 6) is -3.82. The molecule has 19 heavy (non-hydrogen) atoms. The second-order valence-electron chi connectivity index (χ2n) is 3.86.